The molecule has 1 aliphatic heterocycles. The summed E-state index contributed by atoms with van der Waals surface area (Å²) in [5, 5.41) is 0. The molecular weight excluding hydrogens is 126 g/mol. The fraction of sp³-hybridized carbons (Fsp3) is 0.286. The molecule has 1 heterocycles. The van der Waals surface area contributed by atoms with Gasteiger partial charge >= 0.3 is 0 Å². The molecule has 0 spiro atoms. The van der Waals surface area contributed by atoms with Crippen LogP contribution < -0.4 is 11.5 Å². The lowest BCUT2D eigenvalue weighted by molar-refractivity contribution is 1.11. The van der Waals surface area contributed by atoms with Gasteiger partial charge in [-0.1, -0.05) is 6.08 Å². The third kappa shape index (κ3) is 1.62. The van der Waals surface area contributed by atoms with E-state index in [2.05, 4.69) is 4.99 Å². The van der Waals surface area contributed by atoms with Gasteiger partial charge in [0.05, 0.1) is 12.2 Å². The third-order valence-corrected chi connectivity index (χ3v) is 1.32. The van der Waals surface area contributed by atoms with Gasteiger partial charge in [0.2, 0.25) is 0 Å². The first-order valence-corrected chi connectivity index (χ1v) is 3.19. The van der Waals surface area contributed by atoms with Gasteiger partial charge in [-0.2, -0.15) is 0 Å². The molecule has 54 valence electrons. The van der Waals surface area contributed by atoms with Gasteiger partial charge in [0.1, 0.15) is 0 Å². The molecule has 0 bridgehead atoms. The predicted octanol–water partition coefficient (Wildman–Crippen LogP) is 0.146. The minimum absolute atomic E-state index is 0.658. The largest absolute Gasteiger partial charge is 0.400 e. The Morgan fingerprint density at radius 3 is 3.00 bits per heavy atom. The van der Waals surface area contributed by atoms with Crippen LogP contribution in [0.1, 0.15) is 6.42 Å². The van der Waals surface area contributed by atoms with E-state index in [9.17, 15) is 0 Å². The highest BCUT2D eigenvalue weighted by molar-refractivity contribution is 5.62. The maximum Gasteiger partial charge on any atom is 0.0570 e. The third-order valence-electron chi connectivity index (χ3n) is 1.32. The Kier molecular flexibility index (Phi) is 2.10. The molecule has 0 aliphatic carbocycles. The van der Waals surface area contributed by atoms with E-state index in [1.807, 2.05) is 6.08 Å². The van der Waals surface area contributed by atoms with Crippen LogP contribution in [0.25, 0.3) is 0 Å². The first-order chi connectivity index (χ1) is 4.80. The highest BCUT2D eigenvalue weighted by Crippen LogP contribution is 1.99. The fourth-order valence-corrected chi connectivity index (χ4v) is 0.703. The lowest BCUT2D eigenvalue weighted by Gasteiger charge is -2.01. The van der Waals surface area contributed by atoms with E-state index in [1.165, 1.54) is 0 Å². The van der Waals surface area contributed by atoms with E-state index < -0.39 is 0 Å². The summed E-state index contributed by atoms with van der Waals surface area (Å²) in [7, 11) is 0. The number of hydrogen-bond acceptors (Lipinski definition) is 3. The molecule has 0 aromatic heterocycles. The molecule has 0 radical (unpaired) electrons. The normalized spacial score (nSPS) is 26.0. The maximum absolute atomic E-state index is 5.56. The van der Waals surface area contributed by atoms with Crippen molar-refractivity contribution in [3.63, 3.8) is 0 Å². The van der Waals surface area contributed by atoms with E-state index in [0.29, 0.717) is 24.4 Å². The van der Waals surface area contributed by atoms with E-state index in [1.54, 1.807) is 12.3 Å². The van der Waals surface area contributed by atoms with Gasteiger partial charge in [0.25, 0.3) is 0 Å². The van der Waals surface area contributed by atoms with Gasteiger partial charge in [-0.25, -0.2) is 0 Å². The Bertz CT molecular complexity index is 201. The molecular formula is C7H11N3. The highest BCUT2D eigenvalue weighted by Gasteiger charge is 1.94. The lowest BCUT2D eigenvalue weighted by Crippen LogP contribution is -2.09. The minimum Gasteiger partial charge on any atom is -0.400 e. The lowest BCUT2D eigenvalue weighted by atomic mass is 10.2. The van der Waals surface area contributed by atoms with E-state index in [-0.39, 0.29) is 0 Å². The van der Waals surface area contributed by atoms with Gasteiger partial charge in [-0.05, 0) is 6.08 Å². The average Bonchev–Trinajstić information content (AvgIpc) is 1.92. The van der Waals surface area contributed by atoms with Crippen molar-refractivity contribution in [3.05, 3.63) is 23.5 Å². The Morgan fingerprint density at radius 2 is 2.20 bits per heavy atom. The Balaban J connectivity index is 2.80. The van der Waals surface area contributed by atoms with Crippen LogP contribution in [0.2, 0.25) is 0 Å². The van der Waals surface area contributed by atoms with E-state index >= 15 is 0 Å². The topological polar surface area (TPSA) is 64.4 Å². The van der Waals surface area contributed by atoms with Crippen molar-refractivity contribution in [2.45, 2.75) is 6.42 Å². The first-order valence-electron chi connectivity index (χ1n) is 3.19. The molecule has 1 aliphatic rings. The molecule has 3 nitrogen and oxygen atoms in total. The molecule has 0 saturated heterocycles. The van der Waals surface area contributed by atoms with Crippen molar-refractivity contribution >= 4 is 6.21 Å². The Morgan fingerprint density at radius 1 is 1.40 bits per heavy atom. The molecule has 0 saturated carbocycles. The minimum atomic E-state index is 0.658. The molecule has 0 atom stereocenters. The van der Waals surface area contributed by atoms with Gasteiger partial charge in [0.15, 0.2) is 0 Å². The number of hydrogen-bond donors (Lipinski definition) is 2. The molecule has 10 heavy (non-hydrogen) atoms. The quantitative estimate of drug-likeness (QED) is 0.499. The number of nitrogens with zero attached hydrogens (tertiary/aromatic N) is 1. The monoisotopic (exact) mass is 137 g/mol. The van der Waals surface area contributed by atoms with Crippen molar-refractivity contribution in [1.82, 2.24) is 0 Å². The van der Waals surface area contributed by atoms with Crippen molar-refractivity contribution in [3.8, 4) is 0 Å². The number of rotatable bonds is 0. The second-order valence-electron chi connectivity index (χ2n) is 2.13. The second-order valence-corrected chi connectivity index (χ2v) is 2.13. The number of aliphatic imine (C=N–C) groups is 1. The van der Waals surface area contributed by atoms with Crippen molar-refractivity contribution in [2.75, 3.05) is 6.54 Å². The maximum atomic E-state index is 5.56. The zero-order valence-electron chi connectivity index (χ0n) is 5.75. The Labute approximate surface area is 60.1 Å². The molecule has 1 rings (SSSR count). The van der Waals surface area contributed by atoms with Gasteiger partial charge in [-0.3, -0.25) is 4.99 Å². The molecule has 0 aromatic carbocycles. The van der Waals surface area contributed by atoms with Crippen LogP contribution in [-0.2, 0) is 0 Å². The van der Waals surface area contributed by atoms with Crippen LogP contribution in [-0.4, -0.2) is 12.8 Å². The molecule has 0 aromatic rings. The predicted molar refractivity (Wildman–Crippen MR) is 42.5 cm³/mol. The SMILES string of the molecule is N/C1=C(\N)CC=NCC=C1. The summed E-state index contributed by atoms with van der Waals surface area (Å²) >= 11 is 0. The summed E-state index contributed by atoms with van der Waals surface area (Å²) in [5.41, 5.74) is 12.5. The highest BCUT2D eigenvalue weighted by atomic mass is 14.7. The summed E-state index contributed by atoms with van der Waals surface area (Å²) in [4.78, 5) is 4.03. The van der Waals surface area contributed by atoms with Crippen molar-refractivity contribution in [1.29, 1.82) is 0 Å². The standard InChI is InChI=1S/C7H11N3/c8-6-2-1-4-10-5-3-7(6)9/h1-2,5H,3-4,8-9H2/b2-1?,7-6-,10-5?. The molecule has 3 heteroatoms. The van der Waals surface area contributed by atoms with Crippen LogP contribution in [0.15, 0.2) is 28.5 Å². The summed E-state index contributed by atoms with van der Waals surface area (Å²) in [6.45, 7) is 0.702. The molecule has 0 fully saturated rings. The summed E-state index contributed by atoms with van der Waals surface area (Å²) in [6.07, 6.45) is 6.13. The number of allylic oxidation sites excluding steroid dienone is 2. The van der Waals surface area contributed by atoms with E-state index in [4.69, 9.17) is 11.5 Å². The number of nitrogens with two attached hydrogens (primary N) is 2. The van der Waals surface area contributed by atoms with Crippen LogP contribution in [0.3, 0.4) is 0 Å². The van der Waals surface area contributed by atoms with Crippen LogP contribution in [0, 0.1) is 0 Å². The van der Waals surface area contributed by atoms with E-state index in [0.717, 1.165) is 0 Å². The molecule has 4 N–H and O–H groups in total. The first kappa shape index (κ1) is 6.86. The summed E-state index contributed by atoms with van der Waals surface area (Å²) < 4.78 is 0. The summed E-state index contributed by atoms with van der Waals surface area (Å²) in [6, 6.07) is 0. The Hall–Kier alpha value is -1.25. The molecule has 0 amide bonds. The van der Waals surface area contributed by atoms with Crippen molar-refractivity contribution < 1.29 is 0 Å². The van der Waals surface area contributed by atoms with Crippen LogP contribution >= 0.6 is 0 Å². The second kappa shape index (κ2) is 3.06. The zero-order valence-corrected chi connectivity index (χ0v) is 5.75. The smallest absolute Gasteiger partial charge is 0.0570 e. The summed E-state index contributed by atoms with van der Waals surface area (Å²) in [5.74, 6) is 0. The van der Waals surface area contributed by atoms with Gasteiger partial charge in [0, 0.05) is 18.3 Å². The zero-order chi connectivity index (χ0) is 7.40. The van der Waals surface area contributed by atoms with Gasteiger partial charge in [-0.15, -0.1) is 0 Å². The fourth-order valence-electron chi connectivity index (χ4n) is 0.703. The van der Waals surface area contributed by atoms with Crippen LogP contribution in [0.5, 0.6) is 0 Å². The van der Waals surface area contributed by atoms with Gasteiger partial charge < -0.3 is 11.5 Å². The van der Waals surface area contributed by atoms with Crippen molar-refractivity contribution in [2.24, 2.45) is 16.5 Å². The molecule has 0 unspecified atom stereocenters. The van der Waals surface area contributed by atoms with Crippen LogP contribution in [0.4, 0.5) is 0 Å². The average molecular weight is 137 g/mol.